The first kappa shape index (κ1) is 17.2. The first-order valence-corrected chi connectivity index (χ1v) is 8.59. The maximum atomic E-state index is 12.4. The van der Waals surface area contributed by atoms with E-state index in [1.807, 2.05) is 36.4 Å². The van der Waals surface area contributed by atoms with Crippen molar-refractivity contribution in [2.45, 2.75) is 37.3 Å². The van der Waals surface area contributed by atoms with Crippen LogP contribution in [-0.2, 0) is 25.6 Å². The molecule has 1 N–H and O–H groups in total. The van der Waals surface area contributed by atoms with E-state index in [0.29, 0.717) is 12.2 Å². The van der Waals surface area contributed by atoms with Gasteiger partial charge in [0.15, 0.2) is 12.4 Å². The monoisotopic (exact) mass is 356 g/mol. The molecule has 4 rings (SSSR count). The molecule has 0 aromatic heterocycles. The third-order valence-corrected chi connectivity index (χ3v) is 4.58. The van der Waals surface area contributed by atoms with E-state index in [2.05, 4.69) is 0 Å². The SMILES string of the molecule is O=C(O[C@@H]1C2OCC(O2)C(O)[C@H]1OCc1ccccc1)c1ccccc1. The van der Waals surface area contributed by atoms with E-state index < -0.39 is 36.7 Å². The third kappa shape index (κ3) is 3.50. The summed E-state index contributed by atoms with van der Waals surface area (Å²) in [5.41, 5.74) is 1.39. The number of hydrogen-bond acceptors (Lipinski definition) is 6. The molecule has 136 valence electrons. The molecule has 3 unspecified atom stereocenters. The average molecular weight is 356 g/mol. The predicted molar refractivity (Wildman–Crippen MR) is 91.3 cm³/mol. The van der Waals surface area contributed by atoms with Crippen molar-refractivity contribution in [2.75, 3.05) is 6.61 Å². The Kier molecular flexibility index (Phi) is 4.99. The van der Waals surface area contributed by atoms with Crippen molar-refractivity contribution in [3.8, 4) is 0 Å². The summed E-state index contributed by atoms with van der Waals surface area (Å²) in [6, 6.07) is 18.3. The minimum Gasteiger partial charge on any atom is -0.450 e. The molecule has 2 aliphatic heterocycles. The van der Waals surface area contributed by atoms with Crippen molar-refractivity contribution in [3.63, 3.8) is 0 Å². The van der Waals surface area contributed by atoms with E-state index in [1.54, 1.807) is 24.3 Å². The normalized spacial score (nSPS) is 30.1. The Hall–Kier alpha value is -2.25. The number of aliphatic hydroxyl groups excluding tert-OH is 1. The number of rotatable bonds is 5. The van der Waals surface area contributed by atoms with E-state index in [0.717, 1.165) is 5.56 Å². The fourth-order valence-electron chi connectivity index (χ4n) is 3.20. The fourth-order valence-corrected chi connectivity index (χ4v) is 3.20. The highest BCUT2D eigenvalue weighted by atomic mass is 16.8. The number of aliphatic hydroxyl groups is 1. The molecule has 0 aliphatic carbocycles. The van der Waals surface area contributed by atoms with Crippen LogP contribution in [0, 0.1) is 0 Å². The van der Waals surface area contributed by atoms with Crippen molar-refractivity contribution in [1.29, 1.82) is 0 Å². The minimum absolute atomic E-state index is 0.246. The van der Waals surface area contributed by atoms with Crippen LogP contribution in [0.2, 0.25) is 0 Å². The molecule has 2 aromatic carbocycles. The van der Waals surface area contributed by atoms with Crippen molar-refractivity contribution in [2.24, 2.45) is 0 Å². The molecular formula is C20H20O6. The van der Waals surface area contributed by atoms with Crippen molar-refractivity contribution in [3.05, 3.63) is 71.8 Å². The summed E-state index contributed by atoms with van der Waals surface area (Å²) < 4.78 is 22.7. The molecule has 26 heavy (non-hydrogen) atoms. The Morgan fingerprint density at radius 1 is 1.04 bits per heavy atom. The Balaban J connectivity index is 1.50. The number of ether oxygens (including phenoxy) is 4. The number of esters is 1. The number of hydrogen-bond donors (Lipinski definition) is 1. The van der Waals surface area contributed by atoms with Gasteiger partial charge in [0.2, 0.25) is 0 Å². The molecule has 0 radical (unpaired) electrons. The second kappa shape index (κ2) is 7.55. The first-order valence-electron chi connectivity index (χ1n) is 8.59. The van der Waals surface area contributed by atoms with Crippen LogP contribution < -0.4 is 0 Å². The molecule has 6 nitrogen and oxygen atoms in total. The van der Waals surface area contributed by atoms with Gasteiger partial charge < -0.3 is 24.1 Å². The van der Waals surface area contributed by atoms with Gasteiger partial charge in [-0.2, -0.15) is 0 Å². The van der Waals surface area contributed by atoms with Crippen LogP contribution in [0.5, 0.6) is 0 Å². The van der Waals surface area contributed by atoms with Gasteiger partial charge in [-0.15, -0.1) is 0 Å². The van der Waals surface area contributed by atoms with E-state index in [1.165, 1.54) is 0 Å². The molecule has 2 saturated heterocycles. The summed E-state index contributed by atoms with van der Waals surface area (Å²) in [6.45, 7) is 0.539. The molecule has 2 aromatic rings. The van der Waals surface area contributed by atoms with Gasteiger partial charge in [-0.3, -0.25) is 0 Å². The maximum Gasteiger partial charge on any atom is 0.338 e. The molecule has 2 aliphatic rings. The van der Waals surface area contributed by atoms with E-state index in [-0.39, 0.29) is 6.61 Å². The zero-order valence-electron chi connectivity index (χ0n) is 14.1. The van der Waals surface area contributed by atoms with Gasteiger partial charge in [-0.1, -0.05) is 48.5 Å². The Morgan fingerprint density at radius 3 is 2.46 bits per heavy atom. The van der Waals surface area contributed by atoms with Crippen LogP contribution >= 0.6 is 0 Å². The number of carbonyl (C=O) groups is 1. The van der Waals surface area contributed by atoms with Crippen LogP contribution in [0.3, 0.4) is 0 Å². The lowest BCUT2D eigenvalue weighted by Gasteiger charge is -2.37. The van der Waals surface area contributed by atoms with E-state index >= 15 is 0 Å². The second-order valence-electron chi connectivity index (χ2n) is 6.36. The molecule has 0 amide bonds. The average Bonchev–Trinajstić information content (AvgIpc) is 3.14. The van der Waals surface area contributed by atoms with Crippen LogP contribution in [-0.4, -0.2) is 48.4 Å². The topological polar surface area (TPSA) is 74.2 Å². The molecule has 6 heteroatoms. The molecule has 0 spiro atoms. The van der Waals surface area contributed by atoms with Gasteiger partial charge in [0.25, 0.3) is 0 Å². The highest BCUT2D eigenvalue weighted by molar-refractivity contribution is 5.89. The van der Waals surface area contributed by atoms with Crippen molar-refractivity contribution in [1.82, 2.24) is 0 Å². The molecular weight excluding hydrogens is 336 g/mol. The van der Waals surface area contributed by atoms with Gasteiger partial charge in [0.1, 0.15) is 18.3 Å². The maximum absolute atomic E-state index is 12.4. The van der Waals surface area contributed by atoms with Gasteiger partial charge in [0, 0.05) is 0 Å². The lowest BCUT2D eigenvalue weighted by atomic mass is 10.0. The lowest BCUT2D eigenvalue weighted by molar-refractivity contribution is -0.242. The summed E-state index contributed by atoms with van der Waals surface area (Å²) in [4.78, 5) is 12.4. The zero-order valence-corrected chi connectivity index (χ0v) is 14.1. The van der Waals surface area contributed by atoms with Gasteiger partial charge >= 0.3 is 5.97 Å². The van der Waals surface area contributed by atoms with E-state index in [4.69, 9.17) is 18.9 Å². The smallest absolute Gasteiger partial charge is 0.338 e. The van der Waals surface area contributed by atoms with Crippen molar-refractivity contribution < 1.29 is 28.8 Å². The first-order chi connectivity index (χ1) is 12.7. The van der Waals surface area contributed by atoms with Crippen LogP contribution in [0.4, 0.5) is 0 Å². The fraction of sp³-hybridized carbons (Fsp3) is 0.350. The standard InChI is InChI=1S/C20H20O6/c21-16-15-12-24-20(25-15)18(26-19(22)14-9-5-2-6-10-14)17(16)23-11-13-7-3-1-4-8-13/h1-10,15-18,20-21H,11-12H2/t15?,16?,17-,18+,20?/m1/s1. The van der Waals surface area contributed by atoms with E-state index in [9.17, 15) is 9.90 Å². The van der Waals surface area contributed by atoms with Crippen LogP contribution in [0.15, 0.2) is 60.7 Å². The molecule has 0 saturated carbocycles. The number of benzene rings is 2. The molecule has 5 atom stereocenters. The Bertz CT molecular complexity index is 734. The summed E-state index contributed by atoms with van der Waals surface area (Å²) in [5.74, 6) is -0.506. The highest BCUT2D eigenvalue weighted by Crippen LogP contribution is 2.32. The summed E-state index contributed by atoms with van der Waals surface area (Å²) in [6.07, 6.45) is -3.73. The quantitative estimate of drug-likeness (QED) is 0.825. The molecule has 2 bridgehead atoms. The summed E-state index contributed by atoms with van der Waals surface area (Å²) in [5, 5.41) is 10.6. The summed E-state index contributed by atoms with van der Waals surface area (Å²) in [7, 11) is 0. The predicted octanol–water partition coefficient (Wildman–Crippen LogP) is 1.91. The van der Waals surface area contributed by atoms with Crippen LogP contribution in [0.25, 0.3) is 0 Å². The van der Waals surface area contributed by atoms with Gasteiger partial charge in [0.05, 0.1) is 18.8 Å². The third-order valence-electron chi connectivity index (χ3n) is 4.58. The van der Waals surface area contributed by atoms with Crippen molar-refractivity contribution >= 4 is 5.97 Å². The van der Waals surface area contributed by atoms with Crippen LogP contribution in [0.1, 0.15) is 15.9 Å². The Labute approximate surface area is 151 Å². The summed E-state index contributed by atoms with van der Waals surface area (Å²) >= 11 is 0. The van der Waals surface area contributed by atoms with Gasteiger partial charge in [-0.25, -0.2) is 4.79 Å². The number of fused-ring (bicyclic) bond motifs is 2. The molecule has 2 fully saturated rings. The largest absolute Gasteiger partial charge is 0.450 e. The zero-order chi connectivity index (χ0) is 17.9. The number of carbonyl (C=O) groups excluding carboxylic acids is 1. The van der Waals surface area contributed by atoms with Gasteiger partial charge in [-0.05, 0) is 17.7 Å². The second-order valence-corrected chi connectivity index (χ2v) is 6.36. The minimum atomic E-state index is -0.939. The Morgan fingerprint density at radius 2 is 1.73 bits per heavy atom. The lowest BCUT2D eigenvalue weighted by Crippen LogP contribution is -2.56. The highest BCUT2D eigenvalue weighted by Gasteiger charge is 2.52. The molecule has 2 heterocycles.